The SMILES string of the molecule is CCCCNCc1ccc(OC)c2oc(C(=O)C3CCCN3)cc12. The van der Waals surface area contributed by atoms with Crippen molar-refractivity contribution in [2.75, 3.05) is 20.2 Å². The second kappa shape index (κ2) is 7.81. The molecule has 130 valence electrons. The molecule has 1 aromatic heterocycles. The van der Waals surface area contributed by atoms with E-state index in [1.54, 1.807) is 7.11 Å². The monoisotopic (exact) mass is 330 g/mol. The summed E-state index contributed by atoms with van der Waals surface area (Å²) in [5.74, 6) is 1.13. The number of hydrogen-bond donors (Lipinski definition) is 2. The van der Waals surface area contributed by atoms with Crippen LogP contribution in [0.15, 0.2) is 22.6 Å². The number of ketones is 1. The number of carbonyl (C=O) groups is 1. The Bertz CT molecular complexity index is 702. The summed E-state index contributed by atoms with van der Waals surface area (Å²) in [6.07, 6.45) is 4.23. The Kier molecular flexibility index (Phi) is 5.53. The predicted molar refractivity (Wildman–Crippen MR) is 94.7 cm³/mol. The molecule has 1 fully saturated rings. The lowest BCUT2D eigenvalue weighted by molar-refractivity contribution is 0.0927. The molecule has 2 N–H and O–H groups in total. The molecule has 3 rings (SSSR count). The number of benzene rings is 1. The summed E-state index contributed by atoms with van der Waals surface area (Å²) in [5.41, 5.74) is 1.79. The van der Waals surface area contributed by atoms with Gasteiger partial charge in [0.15, 0.2) is 17.1 Å². The van der Waals surface area contributed by atoms with Gasteiger partial charge in [-0.05, 0) is 50.0 Å². The highest BCUT2D eigenvalue weighted by molar-refractivity contribution is 6.02. The van der Waals surface area contributed by atoms with Gasteiger partial charge in [-0.2, -0.15) is 0 Å². The van der Waals surface area contributed by atoms with Crippen LogP contribution < -0.4 is 15.4 Å². The maximum absolute atomic E-state index is 12.6. The third kappa shape index (κ3) is 3.47. The highest BCUT2D eigenvalue weighted by atomic mass is 16.5. The molecule has 0 bridgehead atoms. The van der Waals surface area contributed by atoms with E-state index in [1.165, 1.54) is 6.42 Å². The number of rotatable bonds is 8. The van der Waals surface area contributed by atoms with E-state index in [2.05, 4.69) is 17.6 Å². The van der Waals surface area contributed by atoms with Crippen molar-refractivity contribution in [3.63, 3.8) is 0 Å². The first-order chi connectivity index (χ1) is 11.7. The molecule has 2 heterocycles. The van der Waals surface area contributed by atoms with Gasteiger partial charge in [0.05, 0.1) is 13.2 Å². The molecule has 5 heteroatoms. The van der Waals surface area contributed by atoms with Crippen LogP contribution in [-0.2, 0) is 6.54 Å². The normalized spacial score (nSPS) is 17.5. The van der Waals surface area contributed by atoms with Crippen molar-refractivity contribution in [3.8, 4) is 5.75 Å². The van der Waals surface area contributed by atoms with Gasteiger partial charge in [-0.15, -0.1) is 0 Å². The van der Waals surface area contributed by atoms with Gasteiger partial charge in [0.2, 0.25) is 5.78 Å². The van der Waals surface area contributed by atoms with Crippen molar-refractivity contribution in [2.45, 2.75) is 45.2 Å². The molecule has 1 atom stereocenters. The van der Waals surface area contributed by atoms with Crippen LogP contribution in [-0.4, -0.2) is 32.0 Å². The Labute approximate surface area is 142 Å². The molecule has 5 nitrogen and oxygen atoms in total. The van der Waals surface area contributed by atoms with Crippen molar-refractivity contribution >= 4 is 16.8 Å². The Morgan fingerprint density at radius 2 is 2.33 bits per heavy atom. The molecule has 0 aliphatic carbocycles. The molecular formula is C19H26N2O3. The van der Waals surface area contributed by atoms with Crippen LogP contribution in [0.4, 0.5) is 0 Å². The quantitative estimate of drug-likeness (QED) is 0.574. The summed E-state index contributed by atoms with van der Waals surface area (Å²) in [6.45, 7) is 4.82. The van der Waals surface area contributed by atoms with E-state index in [4.69, 9.17) is 9.15 Å². The Morgan fingerprint density at radius 1 is 1.46 bits per heavy atom. The zero-order chi connectivity index (χ0) is 16.9. The van der Waals surface area contributed by atoms with Crippen LogP contribution in [0.1, 0.15) is 48.7 Å². The number of nitrogens with one attached hydrogen (secondary N) is 2. The minimum absolute atomic E-state index is 0.0376. The minimum Gasteiger partial charge on any atom is -0.493 e. The van der Waals surface area contributed by atoms with Gasteiger partial charge in [-0.25, -0.2) is 0 Å². The number of furan rings is 1. The molecule has 1 aromatic carbocycles. The first-order valence-corrected chi connectivity index (χ1v) is 8.82. The van der Waals surface area contributed by atoms with E-state index in [0.717, 1.165) is 49.8 Å². The van der Waals surface area contributed by atoms with E-state index in [-0.39, 0.29) is 11.8 Å². The molecule has 0 amide bonds. The zero-order valence-corrected chi connectivity index (χ0v) is 14.5. The molecule has 1 unspecified atom stereocenters. The maximum atomic E-state index is 12.6. The largest absolute Gasteiger partial charge is 0.493 e. The summed E-state index contributed by atoms with van der Waals surface area (Å²) in [7, 11) is 1.62. The molecule has 0 spiro atoms. The fourth-order valence-electron chi connectivity index (χ4n) is 3.20. The lowest BCUT2D eigenvalue weighted by atomic mass is 10.1. The van der Waals surface area contributed by atoms with Gasteiger partial charge in [0, 0.05) is 11.9 Å². The smallest absolute Gasteiger partial charge is 0.214 e. The van der Waals surface area contributed by atoms with E-state index in [1.807, 2.05) is 18.2 Å². The molecule has 1 aliphatic heterocycles. The highest BCUT2D eigenvalue weighted by Crippen LogP contribution is 2.32. The summed E-state index contributed by atoms with van der Waals surface area (Å²) < 4.78 is 11.3. The summed E-state index contributed by atoms with van der Waals surface area (Å²) >= 11 is 0. The predicted octanol–water partition coefficient (Wildman–Crippen LogP) is 3.27. The molecule has 0 saturated carbocycles. The zero-order valence-electron chi connectivity index (χ0n) is 14.5. The van der Waals surface area contributed by atoms with Crippen LogP contribution in [0.25, 0.3) is 11.0 Å². The fraction of sp³-hybridized carbons (Fsp3) is 0.526. The summed E-state index contributed by atoms with van der Waals surface area (Å²) in [6, 6.07) is 5.70. The molecule has 2 aromatic rings. The minimum atomic E-state index is -0.123. The molecule has 1 aliphatic rings. The molecule has 24 heavy (non-hydrogen) atoms. The number of Topliss-reactive ketones (excluding diaryl/α,β-unsaturated/α-hetero) is 1. The number of carbonyl (C=O) groups excluding carboxylic acids is 1. The second-order valence-corrected chi connectivity index (χ2v) is 6.32. The van der Waals surface area contributed by atoms with Gasteiger partial charge in [-0.3, -0.25) is 4.79 Å². The van der Waals surface area contributed by atoms with Crippen LogP contribution in [0.3, 0.4) is 0 Å². The number of hydrogen-bond acceptors (Lipinski definition) is 5. The first-order valence-electron chi connectivity index (χ1n) is 8.82. The topological polar surface area (TPSA) is 63.5 Å². The highest BCUT2D eigenvalue weighted by Gasteiger charge is 2.27. The third-order valence-corrected chi connectivity index (χ3v) is 4.60. The Hall–Kier alpha value is -1.85. The van der Waals surface area contributed by atoms with E-state index < -0.39 is 0 Å². The fourth-order valence-corrected chi connectivity index (χ4v) is 3.20. The number of unbranched alkanes of at least 4 members (excludes halogenated alkanes) is 1. The summed E-state index contributed by atoms with van der Waals surface area (Å²) in [4.78, 5) is 12.6. The van der Waals surface area contributed by atoms with Gasteiger partial charge in [0.1, 0.15) is 0 Å². The molecule has 0 radical (unpaired) electrons. The number of ether oxygens (including phenoxy) is 1. The Morgan fingerprint density at radius 3 is 3.04 bits per heavy atom. The Balaban J connectivity index is 1.88. The standard InChI is InChI=1S/C19H26N2O3/c1-3-4-9-20-12-13-7-8-16(23-2)19-14(13)11-17(24-19)18(22)15-6-5-10-21-15/h7-8,11,15,20-21H,3-6,9-10,12H2,1-2H3. The first kappa shape index (κ1) is 17.0. The summed E-state index contributed by atoms with van der Waals surface area (Å²) in [5, 5.41) is 7.64. The van der Waals surface area contributed by atoms with Crippen molar-refractivity contribution in [1.82, 2.24) is 10.6 Å². The number of methoxy groups -OCH3 is 1. The van der Waals surface area contributed by atoms with Gasteiger partial charge in [-0.1, -0.05) is 19.4 Å². The van der Waals surface area contributed by atoms with E-state index in [9.17, 15) is 4.79 Å². The second-order valence-electron chi connectivity index (χ2n) is 6.32. The van der Waals surface area contributed by atoms with E-state index >= 15 is 0 Å². The average molecular weight is 330 g/mol. The van der Waals surface area contributed by atoms with Crippen LogP contribution in [0.5, 0.6) is 5.75 Å². The lowest BCUT2D eigenvalue weighted by Gasteiger charge is -2.07. The number of fused-ring (bicyclic) bond motifs is 1. The van der Waals surface area contributed by atoms with Crippen molar-refractivity contribution < 1.29 is 13.9 Å². The molecular weight excluding hydrogens is 304 g/mol. The maximum Gasteiger partial charge on any atom is 0.214 e. The van der Waals surface area contributed by atoms with Crippen molar-refractivity contribution in [3.05, 3.63) is 29.5 Å². The average Bonchev–Trinajstić information content (AvgIpc) is 3.27. The van der Waals surface area contributed by atoms with Crippen molar-refractivity contribution in [1.29, 1.82) is 0 Å². The van der Waals surface area contributed by atoms with Crippen LogP contribution >= 0.6 is 0 Å². The van der Waals surface area contributed by atoms with Crippen LogP contribution in [0, 0.1) is 0 Å². The van der Waals surface area contributed by atoms with Gasteiger partial charge in [0.25, 0.3) is 0 Å². The van der Waals surface area contributed by atoms with Gasteiger partial charge < -0.3 is 19.8 Å². The van der Waals surface area contributed by atoms with E-state index in [0.29, 0.717) is 17.1 Å². The van der Waals surface area contributed by atoms with Crippen molar-refractivity contribution in [2.24, 2.45) is 0 Å². The van der Waals surface area contributed by atoms with Crippen LogP contribution in [0.2, 0.25) is 0 Å². The van der Waals surface area contributed by atoms with Gasteiger partial charge >= 0.3 is 0 Å². The molecule has 1 saturated heterocycles. The third-order valence-electron chi connectivity index (χ3n) is 4.60. The lowest BCUT2D eigenvalue weighted by Crippen LogP contribution is -2.30.